The highest BCUT2D eigenvalue weighted by molar-refractivity contribution is 5.66. The van der Waals surface area contributed by atoms with Crippen molar-refractivity contribution in [2.75, 3.05) is 0 Å². The normalized spacial score (nSPS) is 25.9. The molecule has 1 rings (SSSR count). The Morgan fingerprint density at radius 1 is 1.23 bits per heavy atom. The summed E-state index contributed by atoms with van der Waals surface area (Å²) in [5.41, 5.74) is 0. The fourth-order valence-electron chi connectivity index (χ4n) is 2.96. The van der Waals surface area contributed by atoms with E-state index in [1.807, 2.05) is 6.08 Å². The maximum atomic E-state index is 10.5. The van der Waals surface area contributed by atoms with Crippen molar-refractivity contribution in [3.05, 3.63) is 24.3 Å². The van der Waals surface area contributed by atoms with Gasteiger partial charge in [0.2, 0.25) is 0 Å². The van der Waals surface area contributed by atoms with Gasteiger partial charge in [0.25, 0.3) is 0 Å². The summed E-state index contributed by atoms with van der Waals surface area (Å²) in [5, 5.41) is 38.7. The molecule has 0 aromatic heterocycles. The molecule has 0 aromatic rings. The first kappa shape index (κ1) is 22.8. The van der Waals surface area contributed by atoms with Crippen LogP contribution in [0.5, 0.6) is 0 Å². The van der Waals surface area contributed by atoms with Gasteiger partial charge in [0.05, 0.1) is 24.4 Å². The highest BCUT2D eigenvalue weighted by Crippen LogP contribution is 2.25. The molecule has 0 radical (unpaired) electrons. The van der Waals surface area contributed by atoms with Crippen molar-refractivity contribution in [1.82, 2.24) is 0 Å². The van der Waals surface area contributed by atoms with Crippen molar-refractivity contribution >= 4 is 5.97 Å². The third kappa shape index (κ3) is 9.48. The molecular weight excluding hydrogens is 336 g/mol. The predicted molar refractivity (Wildman–Crippen MR) is 99.8 cm³/mol. The van der Waals surface area contributed by atoms with E-state index in [1.165, 1.54) is 18.9 Å². The number of hydrogen-bond donors (Lipinski definition) is 4. The number of allylic oxidation sites excluding steroid dienone is 1. The molecule has 1 heterocycles. The molecule has 0 amide bonds. The van der Waals surface area contributed by atoms with Gasteiger partial charge >= 0.3 is 5.97 Å². The summed E-state index contributed by atoms with van der Waals surface area (Å²) in [6.45, 7) is 2.16. The van der Waals surface area contributed by atoms with Gasteiger partial charge in [-0.05, 0) is 32.1 Å². The molecule has 26 heavy (non-hydrogen) atoms. The van der Waals surface area contributed by atoms with E-state index in [9.17, 15) is 20.1 Å². The Hall–Kier alpha value is -1.21. The van der Waals surface area contributed by atoms with Crippen molar-refractivity contribution in [3.63, 3.8) is 0 Å². The average molecular weight is 370 g/mol. The van der Waals surface area contributed by atoms with E-state index < -0.39 is 36.5 Å². The summed E-state index contributed by atoms with van der Waals surface area (Å²) in [7, 11) is 0. The van der Waals surface area contributed by atoms with Crippen molar-refractivity contribution in [2.24, 2.45) is 0 Å². The second-order valence-electron chi connectivity index (χ2n) is 6.95. The molecule has 0 aliphatic carbocycles. The van der Waals surface area contributed by atoms with Gasteiger partial charge in [0.15, 0.2) is 0 Å². The van der Waals surface area contributed by atoms with Crippen molar-refractivity contribution in [1.29, 1.82) is 0 Å². The molecule has 0 saturated carbocycles. The van der Waals surface area contributed by atoms with Gasteiger partial charge in [-0.25, -0.2) is 0 Å². The van der Waals surface area contributed by atoms with Crippen LogP contribution in [0.4, 0.5) is 0 Å². The smallest absolute Gasteiger partial charge is 0.303 e. The lowest BCUT2D eigenvalue weighted by atomic mass is 10.0. The molecule has 0 aromatic carbocycles. The van der Waals surface area contributed by atoms with Crippen LogP contribution < -0.4 is 0 Å². The van der Waals surface area contributed by atoms with Crippen LogP contribution in [0.1, 0.15) is 64.7 Å². The van der Waals surface area contributed by atoms with E-state index in [4.69, 9.17) is 9.84 Å². The number of aliphatic carboxylic acids is 1. The Morgan fingerprint density at radius 2 is 2.00 bits per heavy atom. The van der Waals surface area contributed by atoms with Crippen LogP contribution >= 0.6 is 0 Å². The van der Waals surface area contributed by atoms with E-state index in [-0.39, 0.29) is 6.42 Å². The molecule has 0 bridgehead atoms. The number of carboxylic acids is 1. The number of aliphatic hydroxyl groups is 3. The molecule has 5 atom stereocenters. The van der Waals surface area contributed by atoms with E-state index in [2.05, 4.69) is 13.0 Å². The standard InChI is InChI=1S/C20H34O6/c1-2-3-4-5-6-7-10-16(22)19-14-17(23)18(26-19)13-12-15(21)9-8-11-20(24)25/h6-7,12-13,15-19,21-23H,2-5,8-11,14H2,1H3,(H,24,25)/b7-6-,13-12+/t15-,16-,17-,18-,19-/m1/s1. The zero-order chi connectivity index (χ0) is 19.4. The van der Waals surface area contributed by atoms with Crippen LogP contribution in [-0.4, -0.2) is 56.9 Å². The van der Waals surface area contributed by atoms with E-state index in [1.54, 1.807) is 6.08 Å². The topological polar surface area (TPSA) is 107 Å². The fraction of sp³-hybridized carbons (Fsp3) is 0.750. The third-order valence-electron chi connectivity index (χ3n) is 4.55. The second-order valence-corrected chi connectivity index (χ2v) is 6.95. The van der Waals surface area contributed by atoms with Gasteiger partial charge in [-0.15, -0.1) is 0 Å². The highest BCUT2D eigenvalue weighted by Gasteiger charge is 2.35. The van der Waals surface area contributed by atoms with Gasteiger partial charge in [-0.2, -0.15) is 0 Å². The zero-order valence-electron chi connectivity index (χ0n) is 15.7. The fourth-order valence-corrected chi connectivity index (χ4v) is 2.96. The lowest BCUT2D eigenvalue weighted by molar-refractivity contribution is -0.137. The number of rotatable bonds is 13. The highest BCUT2D eigenvalue weighted by atomic mass is 16.5. The molecule has 0 unspecified atom stereocenters. The molecule has 0 spiro atoms. The quantitative estimate of drug-likeness (QED) is 0.293. The van der Waals surface area contributed by atoms with Crippen LogP contribution in [-0.2, 0) is 9.53 Å². The van der Waals surface area contributed by atoms with Crippen molar-refractivity contribution < 1.29 is 30.0 Å². The summed E-state index contributed by atoms with van der Waals surface area (Å²) in [5.74, 6) is -0.882. The maximum absolute atomic E-state index is 10.5. The summed E-state index contributed by atoms with van der Waals surface area (Å²) in [6.07, 6.45) is 10.2. The lowest BCUT2D eigenvalue weighted by Gasteiger charge is -2.16. The monoisotopic (exact) mass is 370 g/mol. The maximum Gasteiger partial charge on any atom is 0.303 e. The molecule has 1 aliphatic heterocycles. The van der Waals surface area contributed by atoms with E-state index in [0.29, 0.717) is 25.7 Å². The molecule has 6 nitrogen and oxygen atoms in total. The summed E-state index contributed by atoms with van der Waals surface area (Å²) >= 11 is 0. The first-order valence-electron chi connectivity index (χ1n) is 9.68. The molecule has 6 heteroatoms. The summed E-state index contributed by atoms with van der Waals surface area (Å²) in [4.78, 5) is 10.5. The van der Waals surface area contributed by atoms with E-state index in [0.717, 1.165) is 12.8 Å². The van der Waals surface area contributed by atoms with Crippen LogP contribution in [0.3, 0.4) is 0 Å². The molecular formula is C20H34O6. The van der Waals surface area contributed by atoms with Gasteiger partial charge in [0.1, 0.15) is 6.10 Å². The molecule has 1 aliphatic rings. The number of hydrogen-bond acceptors (Lipinski definition) is 5. The number of unbranched alkanes of at least 4 members (excludes halogenated alkanes) is 3. The lowest BCUT2D eigenvalue weighted by Crippen LogP contribution is -2.25. The predicted octanol–water partition coefficient (Wildman–Crippen LogP) is 2.56. The Bertz CT molecular complexity index is 448. The minimum absolute atomic E-state index is 0.0215. The molecule has 150 valence electrons. The molecule has 4 N–H and O–H groups in total. The van der Waals surface area contributed by atoms with Gasteiger partial charge in [-0.3, -0.25) is 4.79 Å². The average Bonchev–Trinajstić information content (AvgIpc) is 2.96. The third-order valence-corrected chi connectivity index (χ3v) is 4.55. The summed E-state index contributed by atoms with van der Waals surface area (Å²) in [6, 6.07) is 0. The minimum atomic E-state index is -0.882. The Kier molecular flexibility index (Phi) is 11.4. The SMILES string of the molecule is CCCCC/C=C\C[C@@H](O)[C@H]1C[C@@H](O)[C@@H](/C=C/[C@H](O)CCCC(=O)O)O1. The van der Waals surface area contributed by atoms with Crippen molar-refractivity contribution in [3.8, 4) is 0 Å². The van der Waals surface area contributed by atoms with E-state index >= 15 is 0 Å². The zero-order valence-corrected chi connectivity index (χ0v) is 15.7. The van der Waals surface area contributed by atoms with Crippen LogP contribution in [0.15, 0.2) is 24.3 Å². The number of carboxylic acid groups (broad SMARTS) is 1. The Morgan fingerprint density at radius 3 is 2.69 bits per heavy atom. The number of ether oxygens (including phenoxy) is 1. The first-order chi connectivity index (χ1) is 12.4. The van der Waals surface area contributed by atoms with Crippen LogP contribution in [0.25, 0.3) is 0 Å². The van der Waals surface area contributed by atoms with Crippen LogP contribution in [0.2, 0.25) is 0 Å². The Labute approximate surface area is 156 Å². The largest absolute Gasteiger partial charge is 0.481 e. The molecule has 1 saturated heterocycles. The van der Waals surface area contributed by atoms with Gasteiger partial charge < -0.3 is 25.2 Å². The van der Waals surface area contributed by atoms with Crippen molar-refractivity contribution in [2.45, 2.75) is 95.2 Å². The number of aliphatic hydroxyl groups excluding tert-OH is 3. The molecule has 1 fully saturated rings. The van der Waals surface area contributed by atoms with Gasteiger partial charge in [-0.1, -0.05) is 44.1 Å². The minimum Gasteiger partial charge on any atom is -0.481 e. The Balaban J connectivity index is 2.32. The van der Waals surface area contributed by atoms with Crippen LogP contribution in [0, 0.1) is 0 Å². The first-order valence-corrected chi connectivity index (χ1v) is 9.68. The second kappa shape index (κ2) is 13.0. The summed E-state index contributed by atoms with van der Waals surface area (Å²) < 4.78 is 5.70. The van der Waals surface area contributed by atoms with Gasteiger partial charge in [0, 0.05) is 12.8 Å². The number of carbonyl (C=O) groups is 1.